The van der Waals surface area contributed by atoms with Gasteiger partial charge in [0.15, 0.2) is 0 Å². The quantitative estimate of drug-likeness (QED) is 0.479. The molecule has 0 spiro atoms. The van der Waals surface area contributed by atoms with Gasteiger partial charge in [-0.1, -0.05) is 41.9 Å². The van der Waals surface area contributed by atoms with Crippen LogP contribution >= 0.6 is 22.9 Å². The van der Waals surface area contributed by atoms with Crippen molar-refractivity contribution in [2.45, 2.75) is 13.0 Å². The van der Waals surface area contributed by atoms with E-state index in [0.717, 1.165) is 21.3 Å². The van der Waals surface area contributed by atoms with Crippen molar-refractivity contribution in [2.24, 2.45) is 0 Å². The van der Waals surface area contributed by atoms with E-state index in [1.165, 1.54) is 17.7 Å². The molecule has 2 heterocycles. The fourth-order valence-corrected chi connectivity index (χ4v) is 4.47. The van der Waals surface area contributed by atoms with E-state index >= 15 is 0 Å². The molecule has 2 aromatic heterocycles. The molecule has 2 amide bonds. The van der Waals surface area contributed by atoms with Crippen molar-refractivity contribution >= 4 is 44.8 Å². The molecule has 1 atom stereocenters. The molecular formula is C21H18ClN5O2S. The van der Waals surface area contributed by atoms with Crippen molar-refractivity contribution in [3.05, 3.63) is 76.6 Å². The first kappa shape index (κ1) is 20.1. The minimum absolute atomic E-state index is 0.134. The van der Waals surface area contributed by atoms with Crippen LogP contribution in [0.1, 0.15) is 28.2 Å². The number of nitrogens with one attached hydrogen (secondary N) is 2. The molecule has 0 unspecified atom stereocenters. The summed E-state index contributed by atoms with van der Waals surface area (Å²) in [7, 11) is 0. The summed E-state index contributed by atoms with van der Waals surface area (Å²) >= 11 is 7.63. The number of carbonyl (C=O) groups is 2. The van der Waals surface area contributed by atoms with Gasteiger partial charge in [-0.2, -0.15) is 5.10 Å². The molecule has 30 heavy (non-hydrogen) atoms. The van der Waals surface area contributed by atoms with Crippen molar-refractivity contribution in [1.82, 2.24) is 25.4 Å². The average Bonchev–Trinajstić information content (AvgIpc) is 3.41. The smallest absolute Gasteiger partial charge is 0.263 e. The third kappa shape index (κ3) is 4.19. The fourth-order valence-electron chi connectivity index (χ4n) is 3.03. The van der Waals surface area contributed by atoms with Crippen LogP contribution in [0.15, 0.2) is 61.2 Å². The van der Waals surface area contributed by atoms with Gasteiger partial charge in [-0.3, -0.25) is 9.59 Å². The molecule has 9 heteroatoms. The van der Waals surface area contributed by atoms with Crippen LogP contribution in [0.25, 0.3) is 15.8 Å². The predicted molar refractivity (Wildman–Crippen MR) is 117 cm³/mol. The third-order valence-electron chi connectivity index (χ3n) is 4.60. The fraction of sp³-hybridized carbons (Fsp3) is 0.143. The van der Waals surface area contributed by atoms with Gasteiger partial charge in [-0.05, 0) is 30.7 Å². The molecule has 152 valence electrons. The summed E-state index contributed by atoms with van der Waals surface area (Å²) < 4.78 is 2.59. The first-order valence-corrected chi connectivity index (χ1v) is 10.4. The molecule has 0 aliphatic carbocycles. The zero-order chi connectivity index (χ0) is 21.1. The van der Waals surface area contributed by atoms with Crippen LogP contribution < -0.4 is 10.6 Å². The van der Waals surface area contributed by atoms with E-state index in [2.05, 4.69) is 20.7 Å². The summed E-state index contributed by atoms with van der Waals surface area (Å²) in [4.78, 5) is 29.1. The number of carbonyl (C=O) groups excluding carboxylic acids is 2. The van der Waals surface area contributed by atoms with Crippen LogP contribution in [0.4, 0.5) is 0 Å². The van der Waals surface area contributed by atoms with Crippen molar-refractivity contribution in [1.29, 1.82) is 0 Å². The number of rotatable bonds is 6. The monoisotopic (exact) mass is 439 g/mol. The first-order chi connectivity index (χ1) is 14.5. The number of halogens is 1. The molecule has 7 nitrogen and oxygen atoms in total. The van der Waals surface area contributed by atoms with E-state index < -0.39 is 0 Å². The zero-order valence-corrected chi connectivity index (χ0v) is 17.6. The predicted octanol–water partition coefficient (Wildman–Crippen LogP) is 3.74. The Labute approximate surface area is 181 Å². The molecule has 0 aliphatic heterocycles. The molecule has 0 bridgehead atoms. The number of hydrogen-bond acceptors (Lipinski definition) is 5. The standard InChI is InChI=1S/C21H18ClN5O2S/c1-13(14-6-8-15(9-7-14)27-12-23-11-25-27)26-18(28)10-24-21(29)20-19(22)16-4-2-3-5-17(16)30-20/h2-9,11-13H,10H2,1H3,(H,24,29)(H,26,28)/t13-/m0/s1. The van der Waals surface area contributed by atoms with Crippen LogP contribution in [0.2, 0.25) is 5.02 Å². The lowest BCUT2D eigenvalue weighted by atomic mass is 10.1. The van der Waals surface area contributed by atoms with Crippen LogP contribution in [-0.4, -0.2) is 33.1 Å². The lowest BCUT2D eigenvalue weighted by Gasteiger charge is -2.15. The second-order valence-electron chi connectivity index (χ2n) is 6.64. The summed E-state index contributed by atoms with van der Waals surface area (Å²) in [5, 5.41) is 10.9. The number of fused-ring (bicyclic) bond motifs is 1. The Bertz CT molecular complexity index is 1190. The van der Waals surface area contributed by atoms with Crippen LogP contribution in [0.3, 0.4) is 0 Å². The van der Waals surface area contributed by atoms with Crippen LogP contribution in [0, 0.1) is 0 Å². The van der Waals surface area contributed by atoms with E-state index in [0.29, 0.717) is 9.90 Å². The Morgan fingerprint density at radius 1 is 1.17 bits per heavy atom. The molecular weight excluding hydrogens is 422 g/mol. The van der Waals surface area contributed by atoms with Crippen molar-refractivity contribution in [2.75, 3.05) is 6.54 Å². The number of nitrogens with zero attached hydrogens (tertiary/aromatic N) is 3. The first-order valence-electron chi connectivity index (χ1n) is 9.22. The Morgan fingerprint density at radius 2 is 1.93 bits per heavy atom. The van der Waals surface area contributed by atoms with E-state index in [1.807, 2.05) is 55.5 Å². The molecule has 2 N–H and O–H groups in total. The molecule has 0 aliphatic rings. The van der Waals surface area contributed by atoms with Crippen molar-refractivity contribution < 1.29 is 9.59 Å². The van der Waals surface area contributed by atoms with Gasteiger partial charge in [-0.25, -0.2) is 9.67 Å². The number of amides is 2. The normalized spacial score (nSPS) is 11.9. The summed E-state index contributed by atoms with van der Waals surface area (Å²) in [6, 6.07) is 15.0. The van der Waals surface area contributed by atoms with Gasteiger partial charge in [0, 0.05) is 10.1 Å². The van der Waals surface area contributed by atoms with E-state index in [4.69, 9.17) is 11.6 Å². The van der Waals surface area contributed by atoms with Gasteiger partial charge in [0.2, 0.25) is 5.91 Å². The number of aromatic nitrogens is 3. The SMILES string of the molecule is C[C@H](NC(=O)CNC(=O)c1sc2ccccc2c1Cl)c1ccc(-n2cncn2)cc1. The molecule has 0 fully saturated rings. The number of thiophene rings is 1. The second-order valence-corrected chi connectivity index (χ2v) is 8.07. The number of benzene rings is 2. The molecule has 0 saturated heterocycles. The van der Waals surface area contributed by atoms with Crippen LogP contribution in [-0.2, 0) is 4.79 Å². The Hall–Kier alpha value is -3.23. The number of hydrogen-bond donors (Lipinski definition) is 2. The average molecular weight is 440 g/mol. The highest BCUT2D eigenvalue weighted by Crippen LogP contribution is 2.34. The van der Waals surface area contributed by atoms with Crippen molar-refractivity contribution in [3.8, 4) is 5.69 Å². The Kier molecular flexibility index (Phi) is 5.78. The second kappa shape index (κ2) is 8.64. The van der Waals surface area contributed by atoms with Gasteiger partial charge < -0.3 is 10.6 Å². The highest BCUT2D eigenvalue weighted by Gasteiger charge is 2.18. The molecule has 0 saturated carbocycles. The van der Waals surface area contributed by atoms with E-state index in [-0.39, 0.29) is 24.4 Å². The largest absolute Gasteiger partial charge is 0.348 e. The highest BCUT2D eigenvalue weighted by atomic mass is 35.5. The molecule has 2 aromatic carbocycles. The minimum Gasteiger partial charge on any atom is -0.348 e. The van der Waals surface area contributed by atoms with Gasteiger partial charge in [0.1, 0.15) is 17.5 Å². The summed E-state index contributed by atoms with van der Waals surface area (Å²) in [5.74, 6) is -0.644. The van der Waals surface area contributed by atoms with Crippen molar-refractivity contribution in [3.63, 3.8) is 0 Å². The third-order valence-corrected chi connectivity index (χ3v) is 6.28. The zero-order valence-electron chi connectivity index (χ0n) is 16.0. The van der Waals surface area contributed by atoms with Gasteiger partial charge >= 0.3 is 0 Å². The molecule has 0 radical (unpaired) electrons. The highest BCUT2D eigenvalue weighted by molar-refractivity contribution is 7.21. The summed E-state index contributed by atoms with van der Waals surface area (Å²) in [5.41, 5.74) is 1.81. The maximum Gasteiger partial charge on any atom is 0.263 e. The van der Waals surface area contributed by atoms with Gasteiger partial charge in [0.05, 0.1) is 23.3 Å². The summed E-state index contributed by atoms with van der Waals surface area (Å²) in [6.45, 7) is 1.75. The molecule has 4 aromatic rings. The lowest BCUT2D eigenvalue weighted by Crippen LogP contribution is -2.37. The maximum atomic E-state index is 12.5. The van der Waals surface area contributed by atoms with E-state index in [9.17, 15) is 9.59 Å². The molecule has 4 rings (SSSR count). The lowest BCUT2D eigenvalue weighted by molar-refractivity contribution is -0.120. The van der Waals surface area contributed by atoms with Gasteiger partial charge in [0.25, 0.3) is 5.91 Å². The topological polar surface area (TPSA) is 88.9 Å². The minimum atomic E-state index is -0.360. The van der Waals surface area contributed by atoms with Crippen LogP contribution in [0.5, 0.6) is 0 Å². The van der Waals surface area contributed by atoms with E-state index in [1.54, 1.807) is 11.0 Å². The Balaban J connectivity index is 1.33. The Morgan fingerprint density at radius 3 is 2.63 bits per heavy atom. The van der Waals surface area contributed by atoms with Gasteiger partial charge in [-0.15, -0.1) is 11.3 Å². The maximum absolute atomic E-state index is 12.5. The summed E-state index contributed by atoms with van der Waals surface area (Å²) in [6.07, 6.45) is 3.09.